The molecule has 1 unspecified atom stereocenters. The third-order valence-electron chi connectivity index (χ3n) is 3.05. The Labute approximate surface area is 101 Å². The number of hydrogen-bond acceptors (Lipinski definition) is 2. The van der Waals surface area contributed by atoms with Crippen molar-refractivity contribution in [1.29, 1.82) is 0 Å². The number of Topliss-reactive ketones (excluding diaryl/α,β-unsaturated/α-hetero) is 1. The number of carbonyl (C=O) groups excluding carboxylic acids is 1. The summed E-state index contributed by atoms with van der Waals surface area (Å²) in [6.07, 6.45) is 0.682. The Morgan fingerprint density at radius 3 is 3.00 bits per heavy atom. The summed E-state index contributed by atoms with van der Waals surface area (Å²) in [5.74, 6) is 0.565. The van der Waals surface area contributed by atoms with Crippen molar-refractivity contribution in [3.05, 3.63) is 34.9 Å². The van der Waals surface area contributed by atoms with E-state index in [0.717, 1.165) is 24.7 Å². The van der Waals surface area contributed by atoms with Crippen LogP contribution in [-0.4, -0.2) is 23.8 Å². The first-order valence-corrected chi connectivity index (χ1v) is 6.02. The van der Waals surface area contributed by atoms with E-state index >= 15 is 0 Å². The fourth-order valence-corrected chi connectivity index (χ4v) is 2.35. The molecule has 1 aromatic rings. The number of piperidine rings is 1. The first-order valence-electron chi connectivity index (χ1n) is 5.64. The molecule has 0 aromatic heterocycles. The topological polar surface area (TPSA) is 20.3 Å². The predicted octanol–water partition coefficient (Wildman–Crippen LogP) is 2.75. The largest absolute Gasteiger partial charge is 0.299 e. The van der Waals surface area contributed by atoms with Crippen LogP contribution in [0, 0.1) is 5.92 Å². The van der Waals surface area contributed by atoms with E-state index < -0.39 is 0 Å². The second-order valence-electron chi connectivity index (χ2n) is 4.48. The third kappa shape index (κ3) is 2.83. The van der Waals surface area contributed by atoms with Gasteiger partial charge in [0.15, 0.2) is 0 Å². The summed E-state index contributed by atoms with van der Waals surface area (Å²) in [6, 6.07) is 7.92. The Morgan fingerprint density at radius 2 is 2.31 bits per heavy atom. The summed E-state index contributed by atoms with van der Waals surface area (Å²) >= 11 is 5.94. The van der Waals surface area contributed by atoms with Crippen LogP contribution in [0.2, 0.25) is 5.02 Å². The Balaban J connectivity index is 1.98. The van der Waals surface area contributed by atoms with Crippen LogP contribution in [-0.2, 0) is 11.3 Å². The molecule has 1 atom stereocenters. The van der Waals surface area contributed by atoms with E-state index in [1.807, 2.05) is 25.1 Å². The number of halogens is 1. The number of ketones is 1. The minimum Gasteiger partial charge on any atom is -0.299 e. The molecule has 3 heteroatoms. The predicted molar refractivity (Wildman–Crippen MR) is 65.5 cm³/mol. The normalized spacial score (nSPS) is 22.4. The molecule has 0 bridgehead atoms. The van der Waals surface area contributed by atoms with Gasteiger partial charge in [-0.3, -0.25) is 9.69 Å². The number of likely N-dealkylation sites (tertiary alicyclic amines) is 1. The van der Waals surface area contributed by atoms with Gasteiger partial charge in [0.25, 0.3) is 0 Å². The Morgan fingerprint density at radius 1 is 1.50 bits per heavy atom. The molecule has 16 heavy (non-hydrogen) atoms. The van der Waals surface area contributed by atoms with E-state index in [9.17, 15) is 4.79 Å². The van der Waals surface area contributed by atoms with Crippen LogP contribution in [0.25, 0.3) is 0 Å². The first-order chi connectivity index (χ1) is 7.65. The van der Waals surface area contributed by atoms with Gasteiger partial charge in [0.05, 0.1) is 0 Å². The van der Waals surface area contributed by atoms with E-state index in [4.69, 9.17) is 11.6 Å². The van der Waals surface area contributed by atoms with Gasteiger partial charge in [-0.2, -0.15) is 0 Å². The van der Waals surface area contributed by atoms with Gasteiger partial charge in [-0.1, -0.05) is 30.7 Å². The fourth-order valence-electron chi connectivity index (χ4n) is 2.13. The van der Waals surface area contributed by atoms with E-state index in [2.05, 4.69) is 11.0 Å². The van der Waals surface area contributed by atoms with Gasteiger partial charge in [-0.15, -0.1) is 0 Å². The molecule has 1 saturated heterocycles. The molecule has 2 nitrogen and oxygen atoms in total. The molecule has 0 radical (unpaired) electrons. The molecular formula is C13H16ClNO. The van der Waals surface area contributed by atoms with Gasteiger partial charge in [0, 0.05) is 37.0 Å². The number of rotatable bonds is 2. The first kappa shape index (κ1) is 11.6. The van der Waals surface area contributed by atoms with Gasteiger partial charge in [-0.05, 0) is 17.7 Å². The molecule has 1 aromatic carbocycles. The highest BCUT2D eigenvalue weighted by atomic mass is 35.5. The van der Waals surface area contributed by atoms with Crippen molar-refractivity contribution in [2.45, 2.75) is 19.9 Å². The maximum Gasteiger partial charge on any atom is 0.138 e. The summed E-state index contributed by atoms with van der Waals surface area (Å²) in [5.41, 5.74) is 1.22. The van der Waals surface area contributed by atoms with Crippen molar-refractivity contribution in [2.24, 2.45) is 5.92 Å². The van der Waals surface area contributed by atoms with Crippen molar-refractivity contribution < 1.29 is 4.79 Å². The van der Waals surface area contributed by atoms with E-state index in [1.165, 1.54) is 5.56 Å². The van der Waals surface area contributed by atoms with E-state index in [1.54, 1.807) is 0 Å². The summed E-state index contributed by atoms with van der Waals surface area (Å²) in [5, 5.41) is 0.777. The maximum absolute atomic E-state index is 11.4. The molecule has 1 aliphatic rings. The number of benzene rings is 1. The van der Waals surface area contributed by atoms with Crippen LogP contribution in [0.5, 0.6) is 0 Å². The van der Waals surface area contributed by atoms with Crippen molar-refractivity contribution in [2.75, 3.05) is 13.1 Å². The highest BCUT2D eigenvalue weighted by Crippen LogP contribution is 2.17. The Bertz CT molecular complexity index is 391. The SMILES string of the molecule is CC1CN(Cc2cccc(Cl)c2)CCC1=O. The van der Waals surface area contributed by atoms with Gasteiger partial charge in [0.2, 0.25) is 0 Å². The van der Waals surface area contributed by atoms with Crippen LogP contribution < -0.4 is 0 Å². The van der Waals surface area contributed by atoms with Crippen LogP contribution >= 0.6 is 11.6 Å². The molecule has 0 N–H and O–H groups in total. The van der Waals surface area contributed by atoms with Gasteiger partial charge < -0.3 is 0 Å². The Hall–Kier alpha value is -0.860. The highest BCUT2D eigenvalue weighted by Gasteiger charge is 2.23. The Kier molecular flexibility index (Phi) is 3.62. The molecule has 1 fully saturated rings. The standard InChI is InChI=1S/C13H16ClNO/c1-10-8-15(6-5-13(10)16)9-11-3-2-4-12(14)7-11/h2-4,7,10H,5-6,8-9H2,1H3. The van der Waals surface area contributed by atoms with Crippen LogP contribution in [0.1, 0.15) is 18.9 Å². The molecule has 2 rings (SSSR count). The van der Waals surface area contributed by atoms with Crippen molar-refractivity contribution in [3.63, 3.8) is 0 Å². The number of hydrogen-bond donors (Lipinski definition) is 0. The van der Waals surface area contributed by atoms with Gasteiger partial charge in [-0.25, -0.2) is 0 Å². The molecule has 1 aliphatic heterocycles. The molecule has 0 saturated carbocycles. The van der Waals surface area contributed by atoms with E-state index in [0.29, 0.717) is 12.2 Å². The summed E-state index contributed by atoms with van der Waals surface area (Å²) in [6.45, 7) is 4.63. The van der Waals surface area contributed by atoms with Crippen LogP contribution in [0.4, 0.5) is 0 Å². The van der Waals surface area contributed by atoms with Crippen molar-refractivity contribution in [1.82, 2.24) is 4.90 Å². The molecular weight excluding hydrogens is 222 g/mol. The van der Waals surface area contributed by atoms with E-state index in [-0.39, 0.29) is 5.92 Å². The molecule has 0 aliphatic carbocycles. The average molecular weight is 238 g/mol. The lowest BCUT2D eigenvalue weighted by molar-refractivity contribution is -0.125. The van der Waals surface area contributed by atoms with Gasteiger partial charge >= 0.3 is 0 Å². The molecule has 0 spiro atoms. The minimum absolute atomic E-state index is 0.174. The zero-order chi connectivity index (χ0) is 11.5. The highest BCUT2D eigenvalue weighted by molar-refractivity contribution is 6.30. The number of nitrogens with zero attached hydrogens (tertiary/aromatic N) is 1. The minimum atomic E-state index is 0.174. The van der Waals surface area contributed by atoms with Crippen LogP contribution in [0.3, 0.4) is 0 Å². The maximum atomic E-state index is 11.4. The van der Waals surface area contributed by atoms with Crippen molar-refractivity contribution >= 4 is 17.4 Å². The zero-order valence-electron chi connectivity index (χ0n) is 9.45. The van der Waals surface area contributed by atoms with Crippen LogP contribution in [0.15, 0.2) is 24.3 Å². The second kappa shape index (κ2) is 4.98. The van der Waals surface area contributed by atoms with Crippen molar-refractivity contribution in [3.8, 4) is 0 Å². The lowest BCUT2D eigenvalue weighted by Gasteiger charge is -2.29. The summed E-state index contributed by atoms with van der Waals surface area (Å²) < 4.78 is 0. The molecule has 1 heterocycles. The zero-order valence-corrected chi connectivity index (χ0v) is 10.2. The monoisotopic (exact) mass is 237 g/mol. The quantitative estimate of drug-likeness (QED) is 0.789. The third-order valence-corrected chi connectivity index (χ3v) is 3.29. The lowest BCUT2D eigenvalue weighted by atomic mass is 9.98. The number of carbonyl (C=O) groups is 1. The van der Waals surface area contributed by atoms with Gasteiger partial charge in [0.1, 0.15) is 5.78 Å². The smallest absolute Gasteiger partial charge is 0.138 e. The fraction of sp³-hybridized carbons (Fsp3) is 0.462. The second-order valence-corrected chi connectivity index (χ2v) is 4.92. The summed E-state index contributed by atoms with van der Waals surface area (Å²) in [7, 11) is 0. The molecule has 86 valence electrons. The molecule has 0 amide bonds. The average Bonchev–Trinajstić information content (AvgIpc) is 2.24. The lowest BCUT2D eigenvalue weighted by Crippen LogP contribution is -2.38. The summed E-state index contributed by atoms with van der Waals surface area (Å²) in [4.78, 5) is 13.7.